The van der Waals surface area contributed by atoms with Gasteiger partial charge in [0.25, 0.3) is 5.91 Å². The van der Waals surface area contributed by atoms with Crippen LogP contribution in [0.2, 0.25) is 0 Å². The van der Waals surface area contributed by atoms with Crippen molar-refractivity contribution in [3.8, 4) is 11.5 Å². The van der Waals surface area contributed by atoms with E-state index in [1.54, 1.807) is 29.7 Å². The van der Waals surface area contributed by atoms with Gasteiger partial charge >= 0.3 is 0 Å². The number of carbonyl (C=O) groups is 1. The van der Waals surface area contributed by atoms with Crippen LogP contribution in [0.1, 0.15) is 16.9 Å². The van der Waals surface area contributed by atoms with E-state index in [1.807, 2.05) is 42.5 Å². The predicted octanol–water partition coefficient (Wildman–Crippen LogP) is 5.08. The molecule has 3 heterocycles. The number of aromatic nitrogens is 2. The Hall–Kier alpha value is -3.01. The number of ether oxygens (including phenoxy) is 1. The first-order chi connectivity index (χ1) is 15.6. The Bertz CT molecular complexity index is 1250. The van der Waals surface area contributed by atoms with Crippen molar-refractivity contribution in [3.63, 3.8) is 0 Å². The highest BCUT2D eigenvalue weighted by atomic mass is 79.9. The number of carbonyl (C=O) groups excluding carboxylic acids is 1. The lowest BCUT2D eigenvalue weighted by molar-refractivity contribution is 0.0934. The van der Waals surface area contributed by atoms with Gasteiger partial charge in [0.2, 0.25) is 0 Å². The fraction of sp³-hybridized carbons (Fsp3) is 0.174. The summed E-state index contributed by atoms with van der Waals surface area (Å²) in [6.45, 7) is 1.70. The normalized spacial score (nSPS) is 15.6. The Morgan fingerprint density at radius 3 is 2.78 bits per heavy atom. The second kappa shape index (κ2) is 9.23. The molecule has 2 aromatic heterocycles. The highest BCUT2D eigenvalue weighted by molar-refractivity contribution is 9.10. The van der Waals surface area contributed by atoms with Gasteiger partial charge in [0, 0.05) is 41.1 Å². The molecule has 4 aromatic rings. The summed E-state index contributed by atoms with van der Waals surface area (Å²) in [5.41, 5.74) is 2.15. The van der Waals surface area contributed by atoms with Crippen molar-refractivity contribution in [2.24, 2.45) is 0 Å². The summed E-state index contributed by atoms with van der Waals surface area (Å²) < 4.78 is 8.08. The molecule has 0 saturated carbocycles. The molecular formula is C23H20BrN5O2S. The van der Waals surface area contributed by atoms with Gasteiger partial charge in [-0.15, -0.1) is 0 Å². The maximum absolute atomic E-state index is 12.5. The van der Waals surface area contributed by atoms with Gasteiger partial charge in [0.15, 0.2) is 5.13 Å². The van der Waals surface area contributed by atoms with Crippen LogP contribution in [0, 0.1) is 0 Å². The maximum Gasteiger partial charge on any atom is 0.270 e. The van der Waals surface area contributed by atoms with Gasteiger partial charge in [-0.05, 0) is 55.4 Å². The minimum atomic E-state index is -0.192. The molecule has 5 rings (SSSR count). The molecule has 1 fully saturated rings. The molecule has 0 unspecified atom stereocenters. The Labute approximate surface area is 197 Å². The molecule has 3 N–H and O–H groups in total. The zero-order valence-electron chi connectivity index (χ0n) is 17.0. The van der Waals surface area contributed by atoms with E-state index in [0.717, 1.165) is 45.0 Å². The van der Waals surface area contributed by atoms with Gasteiger partial charge in [0.05, 0.1) is 10.2 Å². The van der Waals surface area contributed by atoms with Crippen LogP contribution in [0.5, 0.6) is 11.5 Å². The number of nitrogens with zero attached hydrogens (tertiary/aromatic N) is 2. The summed E-state index contributed by atoms with van der Waals surface area (Å²) >= 11 is 5.02. The van der Waals surface area contributed by atoms with E-state index >= 15 is 0 Å². The van der Waals surface area contributed by atoms with E-state index in [4.69, 9.17) is 4.74 Å². The Balaban J connectivity index is 1.29. The summed E-state index contributed by atoms with van der Waals surface area (Å²) in [5.74, 6) is 1.01. The number of benzene rings is 2. The molecule has 9 heteroatoms. The van der Waals surface area contributed by atoms with Gasteiger partial charge in [0.1, 0.15) is 17.2 Å². The van der Waals surface area contributed by atoms with Crippen LogP contribution >= 0.6 is 27.3 Å². The third kappa shape index (κ3) is 4.90. The second-order valence-electron chi connectivity index (χ2n) is 7.42. The standard InChI is InChI=1S/C23H20BrN5O2S/c24-14-1-3-15(4-2-14)28-23-29-19-11-17(5-6-21(19)32-23)31-18-8-10-26-20(12-18)22(30)27-16-7-9-25-13-16/h1-6,8,10-12,16,25H,7,9,13H2,(H,27,30)(H,28,29)/t16-/m1/s1. The zero-order valence-corrected chi connectivity index (χ0v) is 19.4. The average molecular weight is 510 g/mol. The third-order valence-electron chi connectivity index (χ3n) is 5.05. The Morgan fingerprint density at radius 1 is 1.12 bits per heavy atom. The van der Waals surface area contributed by atoms with Crippen molar-refractivity contribution in [2.75, 3.05) is 18.4 Å². The lowest BCUT2D eigenvalue weighted by atomic mass is 10.2. The van der Waals surface area contributed by atoms with E-state index in [0.29, 0.717) is 17.2 Å². The quantitative estimate of drug-likeness (QED) is 0.335. The minimum Gasteiger partial charge on any atom is -0.457 e. The maximum atomic E-state index is 12.5. The van der Waals surface area contributed by atoms with Gasteiger partial charge in [-0.1, -0.05) is 27.3 Å². The number of thiazole rings is 1. The van der Waals surface area contributed by atoms with Crippen molar-refractivity contribution in [1.29, 1.82) is 0 Å². The number of hydrogen-bond donors (Lipinski definition) is 3. The van der Waals surface area contributed by atoms with Crippen molar-refractivity contribution in [1.82, 2.24) is 20.6 Å². The topological polar surface area (TPSA) is 88.2 Å². The molecular weight excluding hydrogens is 490 g/mol. The number of rotatable bonds is 6. The molecule has 162 valence electrons. The van der Waals surface area contributed by atoms with Crippen LogP contribution in [0.3, 0.4) is 0 Å². The number of anilines is 2. The van der Waals surface area contributed by atoms with Crippen LogP contribution in [0.25, 0.3) is 10.2 Å². The average Bonchev–Trinajstić information content (AvgIpc) is 3.44. The summed E-state index contributed by atoms with van der Waals surface area (Å²) in [7, 11) is 0. The van der Waals surface area contributed by atoms with Crippen LogP contribution in [-0.4, -0.2) is 35.0 Å². The molecule has 1 atom stereocenters. The van der Waals surface area contributed by atoms with Gasteiger partial charge in [-0.2, -0.15) is 0 Å². The summed E-state index contributed by atoms with van der Waals surface area (Å²) in [4.78, 5) is 21.3. The fourth-order valence-corrected chi connectivity index (χ4v) is 4.58. The molecule has 7 nitrogen and oxygen atoms in total. The molecule has 1 aliphatic rings. The van der Waals surface area contributed by atoms with E-state index in [-0.39, 0.29) is 11.9 Å². The minimum absolute atomic E-state index is 0.140. The number of pyridine rings is 1. The lowest BCUT2D eigenvalue weighted by Gasteiger charge is -2.11. The van der Waals surface area contributed by atoms with Crippen molar-refractivity contribution < 1.29 is 9.53 Å². The number of fused-ring (bicyclic) bond motifs is 1. The lowest BCUT2D eigenvalue weighted by Crippen LogP contribution is -2.36. The predicted molar refractivity (Wildman–Crippen MR) is 130 cm³/mol. The summed E-state index contributed by atoms with van der Waals surface area (Å²) in [6, 6.07) is 17.2. The van der Waals surface area contributed by atoms with Crippen LogP contribution in [0.15, 0.2) is 65.3 Å². The Kier molecular flexibility index (Phi) is 6.02. The van der Waals surface area contributed by atoms with Crippen molar-refractivity contribution in [3.05, 3.63) is 71.0 Å². The molecule has 0 aliphatic carbocycles. The SMILES string of the molecule is O=C(N[C@@H]1CCNC1)c1cc(Oc2ccc3sc(Nc4ccc(Br)cc4)nc3c2)ccn1. The van der Waals surface area contributed by atoms with Crippen LogP contribution in [-0.2, 0) is 0 Å². The largest absolute Gasteiger partial charge is 0.457 e. The van der Waals surface area contributed by atoms with Crippen molar-refractivity contribution in [2.45, 2.75) is 12.5 Å². The highest BCUT2D eigenvalue weighted by Crippen LogP contribution is 2.32. The second-order valence-corrected chi connectivity index (χ2v) is 9.37. The summed E-state index contributed by atoms with van der Waals surface area (Å²) in [6.07, 6.45) is 2.51. The monoisotopic (exact) mass is 509 g/mol. The van der Waals surface area contributed by atoms with Gasteiger partial charge in [-0.3, -0.25) is 9.78 Å². The molecule has 0 bridgehead atoms. The van der Waals surface area contributed by atoms with E-state index < -0.39 is 0 Å². The fourth-order valence-electron chi connectivity index (χ4n) is 3.45. The van der Waals surface area contributed by atoms with E-state index in [2.05, 4.69) is 41.8 Å². The van der Waals surface area contributed by atoms with E-state index in [9.17, 15) is 4.79 Å². The molecule has 0 spiro atoms. The van der Waals surface area contributed by atoms with Gasteiger partial charge in [-0.25, -0.2) is 4.98 Å². The van der Waals surface area contributed by atoms with Gasteiger partial charge < -0.3 is 20.7 Å². The van der Waals surface area contributed by atoms with E-state index in [1.165, 1.54) is 0 Å². The summed E-state index contributed by atoms with van der Waals surface area (Å²) in [5, 5.41) is 10.4. The number of halogens is 1. The molecule has 1 amide bonds. The van der Waals surface area contributed by atoms with Crippen LogP contribution in [0.4, 0.5) is 10.8 Å². The highest BCUT2D eigenvalue weighted by Gasteiger charge is 2.18. The first kappa shape index (κ1) is 20.9. The third-order valence-corrected chi connectivity index (χ3v) is 6.53. The van der Waals surface area contributed by atoms with Crippen molar-refractivity contribution >= 4 is 54.2 Å². The smallest absolute Gasteiger partial charge is 0.270 e. The molecule has 1 aliphatic heterocycles. The molecule has 0 radical (unpaired) electrons. The van der Waals surface area contributed by atoms with Crippen LogP contribution < -0.4 is 20.7 Å². The zero-order chi connectivity index (χ0) is 21.9. The first-order valence-corrected chi connectivity index (χ1v) is 11.8. The number of hydrogen-bond acceptors (Lipinski definition) is 7. The molecule has 2 aromatic carbocycles. The first-order valence-electron chi connectivity index (χ1n) is 10.2. The molecule has 1 saturated heterocycles. The number of nitrogens with one attached hydrogen (secondary N) is 3. The number of amides is 1. The Morgan fingerprint density at radius 2 is 1.97 bits per heavy atom. The molecule has 32 heavy (non-hydrogen) atoms.